The number of aliphatic hydroxyl groups is 1. The zero-order valence-corrected chi connectivity index (χ0v) is 13.6. The van der Waals surface area contributed by atoms with Crippen molar-refractivity contribution in [2.24, 2.45) is 4.99 Å². The number of aliphatic hydroxyl groups excluding tert-OH is 1. The lowest BCUT2D eigenvalue weighted by atomic mass is 10.1. The number of hydrogen-bond donors (Lipinski definition) is 2. The van der Waals surface area contributed by atoms with Crippen molar-refractivity contribution in [3.63, 3.8) is 0 Å². The van der Waals surface area contributed by atoms with E-state index in [0.717, 1.165) is 30.3 Å². The lowest BCUT2D eigenvalue weighted by molar-refractivity contribution is -0.216. The summed E-state index contributed by atoms with van der Waals surface area (Å²) >= 11 is 1.68. The highest BCUT2D eigenvalue weighted by Crippen LogP contribution is 2.39. The van der Waals surface area contributed by atoms with Crippen LogP contribution < -0.4 is 5.32 Å². The van der Waals surface area contributed by atoms with E-state index >= 15 is 0 Å². The molecule has 0 aliphatic carbocycles. The smallest absolute Gasteiger partial charge is 0.190 e. The number of unbranched alkanes of at least 4 members (excludes halogenated alkanes) is 1. The minimum atomic E-state index is -0.689. The first-order valence-electron chi connectivity index (χ1n) is 7.63. The molecule has 0 aromatic heterocycles. The summed E-state index contributed by atoms with van der Waals surface area (Å²) in [7, 11) is 0. The van der Waals surface area contributed by atoms with Crippen molar-refractivity contribution in [1.82, 2.24) is 5.32 Å². The first kappa shape index (κ1) is 15.6. The van der Waals surface area contributed by atoms with Gasteiger partial charge in [-0.15, -0.1) is 0 Å². The molecule has 5 atom stereocenters. The Kier molecular flexibility index (Phi) is 4.47. The van der Waals surface area contributed by atoms with Crippen LogP contribution in [-0.4, -0.2) is 59.0 Å². The Morgan fingerprint density at radius 2 is 2.19 bits per heavy atom. The average Bonchev–Trinajstić information content (AvgIpc) is 3.06. The van der Waals surface area contributed by atoms with E-state index in [1.165, 1.54) is 0 Å². The summed E-state index contributed by atoms with van der Waals surface area (Å²) in [6.45, 7) is 6.66. The van der Waals surface area contributed by atoms with E-state index in [4.69, 9.17) is 14.2 Å². The summed E-state index contributed by atoms with van der Waals surface area (Å²) < 4.78 is 17.3. The van der Waals surface area contributed by atoms with Crippen LogP contribution in [0.4, 0.5) is 0 Å². The van der Waals surface area contributed by atoms with E-state index in [1.807, 2.05) is 13.8 Å². The van der Waals surface area contributed by atoms with Crippen LogP contribution in [0, 0.1) is 0 Å². The summed E-state index contributed by atoms with van der Waals surface area (Å²) in [5.41, 5.74) is 0. The molecule has 0 aromatic carbocycles. The van der Waals surface area contributed by atoms with E-state index in [0.29, 0.717) is 0 Å². The SMILES string of the molecule is CCCCN=C1N[C@@H]([C@@H]2O[C@@H]3OC(C)(C)O[C@@H]3[C@H]2O)CS1. The van der Waals surface area contributed by atoms with Crippen molar-refractivity contribution >= 4 is 16.9 Å². The fraction of sp³-hybridized carbons (Fsp3) is 0.929. The van der Waals surface area contributed by atoms with Gasteiger partial charge in [0.1, 0.15) is 18.3 Å². The van der Waals surface area contributed by atoms with Gasteiger partial charge < -0.3 is 24.6 Å². The van der Waals surface area contributed by atoms with Crippen LogP contribution in [0.2, 0.25) is 0 Å². The number of nitrogens with one attached hydrogen (secondary N) is 1. The van der Waals surface area contributed by atoms with Crippen LogP contribution >= 0.6 is 11.8 Å². The van der Waals surface area contributed by atoms with Crippen LogP contribution in [0.5, 0.6) is 0 Å². The number of hydrogen-bond acceptors (Lipinski definition) is 6. The second-order valence-corrected chi connectivity index (χ2v) is 7.17. The highest BCUT2D eigenvalue weighted by Gasteiger charge is 2.56. The molecule has 0 amide bonds. The quantitative estimate of drug-likeness (QED) is 0.756. The Morgan fingerprint density at radius 1 is 1.38 bits per heavy atom. The van der Waals surface area contributed by atoms with E-state index in [2.05, 4.69) is 17.2 Å². The third kappa shape index (κ3) is 3.22. The fourth-order valence-corrected chi connectivity index (χ4v) is 3.89. The van der Waals surface area contributed by atoms with Crippen LogP contribution in [0.25, 0.3) is 0 Å². The number of thioether (sulfide) groups is 1. The summed E-state index contributed by atoms with van der Waals surface area (Å²) in [5.74, 6) is 0.154. The van der Waals surface area contributed by atoms with Crippen LogP contribution in [0.1, 0.15) is 33.6 Å². The standard InChI is InChI=1S/C14H24N2O4S/c1-4-5-6-15-13-16-8(7-21-13)10-9(17)11-12(18-10)20-14(2,3)19-11/h8-12,17H,4-7H2,1-3H3,(H,15,16)/t8-,9+,10+,11-,12-/m1/s1. The van der Waals surface area contributed by atoms with Crippen molar-refractivity contribution in [2.75, 3.05) is 12.3 Å². The van der Waals surface area contributed by atoms with Crippen molar-refractivity contribution in [1.29, 1.82) is 0 Å². The number of aliphatic imine (C=N–C) groups is 1. The molecule has 0 radical (unpaired) electrons. The maximum absolute atomic E-state index is 10.4. The molecule has 2 N–H and O–H groups in total. The van der Waals surface area contributed by atoms with Gasteiger partial charge in [-0.25, -0.2) is 0 Å². The normalized spacial score (nSPS) is 43.2. The molecular weight excluding hydrogens is 292 g/mol. The van der Waals surface area contributed by atoms with Gasteiger partial charge in [0, 0.05) is 12.3 Å². The van der Waals surface area contributed by atoms with Gasteiger partial charge in [-0.1, -0.05) is 25.1 Å². The molecule has 0 unspecified atom stereocenters. The molecule has 0 spiro atoms. The van der Waals surface area contributed by atoms with Crippen molar-refractivity contribution in [3.8, 4) is 0 Å². The second kappa shape index (κ2) is 6.04. The topological polar surface area (TPSA) is 72.3 Å². The highest BCUT2D eigenvalue weighted by atomic mass is 32.2. The Balaban J connectivity index is 1.57. The summed E-state index contributed by atoms with van der Waals surface area (Å²) in [5, 5.41) is 14.7. The molecule has 3 fully saturated rings. The van der Waals surface area contributed by atoms with Crippen LogP contribution in [0.15, 0.2) is 4.99 Å². The lowest BCUT2D eigenvalue weighted by Crippen LogP contribution is -2.46. The maximum atomic E-state index is 10.4. The minimum absolute atomic E-state index is 0.0475. The number of nitrogens with zero attached hydrogens (tertiary/aromatic N) is 1. The Bertz CT molecular complexity index is 418. The molecule has 3 aliphatic rings. The minimum Gasteiger partial charge on any atom is -0.387 e. The number of amidine groups is 1. The van der Waals surface area contributed by atoms with E-state index in [9.17, 15) is 5.11 Å². The summed E-state index contributed by atoms with van der Waals surface area (Å²) in [6, 6.07) is 0.0475. The molecule has 21 heavy (non-hydrogen) atoms. The molecule has 0 saturated carbocycles. The highest BCUT2D eigenvalue weighted by molar-refractivity contribution is 8.14. The summed E-state index contributed by atoms with van der Waals surface area (Å²) in [4.78, 5) is 4.52. The lowest BCUT2D eigenvalue weighted by Gasteiger charge is -2.26. The summed E-state index contributed by atoms with van der Waals surface area (Å²) in [6.07, 6.45) is 0.362. The molecule has 120 valence electrons. The van der Waals surface area contributed by atoms with Gasteiger partial charge in [-0.05, 0) is 20.3 Å². The first-order valence-corrected chi connectivity index (χ1v) is 8.61. The molecule has 7 heteroatoms. The van der Waals surface area contributed by atoms with Gasteiger partial charge in [-0.2, -0.15) is 0 Å². The third-order valence-electron chi connectivity index (χ3n) is 3.92. The molecule has 3 rings (SSSR count). The first-order chi connectivity index (χ1) is 10.00. The molecule has 3 heterocycles. The van der Waals surface area contributed by atoms with E-state index < -0.39 is 24.3 Å². The van der Waals surface area contributed by atoms with Crippen LogP contribution in [0.3, 0.4) is 0 Å². The molecule has 0 bridgehead atoms. The largest absolute Gasteiger partial charge is 0.387 e. The van der Waals surface area contributed by atoms with Crippen molar-refractivity contribution < 1.29 is 19.3 Å². The molecule has 0 aromatic rings. The molecular formula is C14H24N2O4S. The van der Waals surface area contributed by atoms with Crippen molar-refractivity contribution in [2.45, 2.75) is 70.0 Å². The van der Waals surface area contributed by atoms with Gasteiger partial charge in [-0.3, -0.25) is 4.99 Å². The van der Waals surface area contributed by atoms with Crippen molar-refractivity contribution in [3.05, 3.63) is 0 Å². The second-order valence-electron chi connectivity index (χ2n) is 6.16. The third-order valence-corrected chi connectivity index (χ3v) is 4.97. The monoisotopic (exact) mass is 316 g/mol. The van der Waals surface area contributed by atoms with E-state index in [-0.39, 0.29) is 12.1 Å². The average molecular weight is 316 g/mol. The Labute approximate surface area is 129 Å². The van der Waals surface area contributed by atoms with Gasteiger partial charge in [0.2, 0.25) is 0 Å². The van der Waals surface area contributed by atoms with Gasteiger partial charge in [0.25, 0.3) is 0 Å². The van der Waals surface area contributed by atoms with Gasteiger partial charge in [0.05, 0.1) is 6.04 Å². The number of ether oxygens (including phenoxy) is 3. The van der Waals surface area contributed by atoms with Gasteiger partial charge >= 0.3 is 0 Å². The maximum Gasteiger partial charge on any atom is 0.190 e. The predicted molar refractivity (Wildman–Crippen MR) is 81.3 cm³/mol. The van der Waals surface area contributed by atoms with Crippen LogP contribution in [-0.2, 0) is 14.2 Å². The van der Waals surface area contributed by atoms with E-state index in [1.54, 1.807) is 11.8 Å². The zero-order chi connectivity index (χ0) is 15.0. The molecule has 6 nitrogen and oxygen atoms in total. The molecule has 3 aliphatic heterocycles. The predicted octanol–water partition coefficient (Wildman–Crippen LogP) is 1.08. The fourth-order valence-electron chi connectivity index (χ4n) is 2.87. The Morgan fingerprint density at radius 3 is 2.90 bits per heavy atom. The molecule has 3 saturated heterocycles. The zero-order valence-electron chi connectivity index (χ0n) is 12.7. The van der Waals surface area contributed by atoms with Gasteiger partial charge in [0.15, 0.2) is 17.2 Å². The number of fused-ring (bicyclic) bond motifs is 1. The number of rotatable bonds is 4. The Hall–Kier alpha value is -0.340.